The van der Waals surface area contributed by atoms with Gasteiger partial charge in [0.05, 0.1) is 22.4 Å². The molecule has 5 aromatic carbocycles. The molecule has 200 valence electrons. The molecule has 0 unspecified atom stereocenters. The van der Waals surface area contributed by atoms with Gasteiger partial charge in [-0.2, -0.15) is 0 Å². The summed E-state index contributed by atoms with van der Waals surface area (Å²) in [6.07, 6.45) is 3.90. The summed E-state index contributed by atoms with van der Waals surface area (Å²) in [6, 6.07) is 46.8. The first-order valence-corrected chi connectivity index (χ1v) is 14.5. The number of hydrogen-bond acceptors (Lipinski definition) is 3. The molecular weight excluding hydrogens is 524 g/mol. The number of rotatable bonds is 3. The smallest absolute Gasteiger partial charge is 0.138 e. The van der Waals surface area contributed by atoms with Crippen molar-refractivity contribution in [1.29, 1.82) is 0 Å². The van der Waals surface area contributed by atoms with Crippen molar-refractivity contribution in [2.24, 2.45) is 0 Å². The maximum Gasteiger partial charge on any atom is 0.138 e. The minimum Gasteiger partial charge on any atom is -0.299 e. The van der Waals surface area contributed by atoms with Crippen molar-refractivity contribution < 1.29 is 0 Å². The third-order valence-electron chi connectivity index (χ3n) is 8.43. The minimum absolute atomic E-state index is 0.851. The Hall–Kier alpha value is -5.87. The van der Waals surface area contributed by atoms with E-state index in [1.807, 2.05) is 42.6 Å². The first-order chi connectivity index (χ1) is 21.3. The van der Waals surface area contributed by atoms with Gasteiger partial charge in [-0.1, -0.05) is 103 Å². The Balaban J connectivity index is 1.38. The Morgan fingerprint density at radius 1 is 0.488 bits per heavy atom. The maximum atomic E-state index is 5.36. The highest BCUT2D eigenvalue weighted by atomic mass is 15.0. The molecule has 4 nitrogen and oxygen atoms in total. The summed E-state index contributed by atoms with van der Waals surface area (Å²) in [5, 5.41) is 6.97. The fourth-order valence-corrected chi connectivity index (χ4v) is 6.50. The van der Waals surface area contributed by atoms with Crippen LogP contribution in [0.25, 0.3) is 82.8 Å². The number of fused-ring (bicyclic) bond motifs is 7. The van der Waals surface area contributed by atoms with Crippen molar-refractivity contribution in [2.75, 3.05) is 0 Å². The second-order valence-corrected chi connectivity index (χ2v) is 10.9. The molecule has 0 spiro atoms. The summed E-state index contributed by atoms with van der Waals surface area (Å²) in [5.41, 5.74) is 9.07. The van der Waals surface area contributed by atoms with Crippen molar-refractivity contribution in [3.63, 3.8) is 0 Å². The van der Waals surface area contributed by atoms with Gasteiger partial charge in [0.25, 0.3) is 0 Å². The van der Waals surface area contributed by atoms with Gasteiger partial charge in [-0.3, -0.25) is 9.38 Å². The number of hydrogen-bond donors (Lipinski definition) is 0. The van der Waals surface area contributed by atoms with Crippen LogP contribution in [0.1, 0.15) is 0 Å². The molecular formula is C39H24N4. The maximum absolute atomic E-state index is 5.36. The number of benzene rings is 5. The van der Waals surface area contributed by atoms with Crippen molar-refractivity contribution in [1.82, 2.24) is 19.4 Å². The molecule has 0 aliphatic rings. The van der Waals surface area contributed by atoms with Crippen LogP contribution >= 0.6 is 0 Å². The summed E-state index contributed by atoms with van der Waals surface area (Å²) in [4.78, 5) is 15.1. The lowest BCUT2D eigenvalue weighted by molar-refractivity contribution is 1.19. The average molecular weight is 549 g/mol. The Kier molecular flexibility index (Phi) is 5.16. The lowest BCUT2D eigenvalue weighted by atomic mass is 9.91. The molecule has 43 heavy (non-hydrogen) atoms. The second kappa shape index (κ2) is 9.33. The van der Waals surface area contributed by atoms with Gasteiger partial charge in [0.1, 0.15) is 11.3 Å². The summed E-state index contributed by atoms with van der Waals surface area (Å²) >= 11 is 0. The summed E-state index contributed by atoms with van der Waals surface area (Å²) in [5.74, 6) is 0. The zero-order valence-electron chi connectivity index (χ0n) is 23.1. The Morgan fingerprint density at radius 3 is 1.88 bits per heavy atom. The van der Waals surface area contributed by atoms with Crippen LogP contribution in [0.4, 0.5) is 0 Å². The van der Waals surface area contributed by atoms with Crippen LogP contribution in [0.3, 0.4) is 0 Å². The van der Waals surface area contributed by atoms with Crippen LogP contribution < -0.4 is 0 Å². The van der Waals surface area contributed by atoms with E-state index in [2.05, 4.69) is 113 Å². The molecule has 0 saturated heterocycles. The molecule has 0 amide bonds. The Bertz CT molecular complexity index is 2420. The molecule has 4 heteroatoms. The number of pyridine rings is 3. The van der Waals surface area contributed by atoms with Gasteiger partial charge >= 0.3 is 0 Å². The van der Waals surface area contributed by atoms with Crippen LogP contribution in [0, 0.1) is 0 Å². The monoisotopic (exact) mass is 548 g/mol. The molecule has 9 rings (SSSR count). The van der Waals surface area contributed by atoms with Crippen molar-refractivity contribution >= 4 is 49.0 Å². The van der Waals surface area contributed by atoms with E-state index in [4.69, 9.17) is 9.97 Å². The molecule has 9 aromatic rings. The largest absolute Gasteiger partial charge is 0.299 e. The lowest BCUT2D eigenvalue weighted by Crippen LogP contribution is -1.94. The summed E-state index contributed by atoms with van der Waals surface area (Å²) < 4.78 is 2.16. The zero-order chi connectivity index (χ0) is 28.3. The van der Waals surface area contributed by atoms with Gasteiger partial charge in [0.15, 0.2) is 0 Å². The van der Waals surface area contributed by atoms with Gasteiger partial charge in [-0.25, -0.2) is 9.97 Å². The predicted octanol–water partition coefficient (Wildman–Crippen LogP) is 9.74. The van der Waals surface area contributed by atoms with Crippen LogP contribution in [-0.4, -0.2) is 19.4 Å². The topological polar surface area (TPSA) is 43.1 Å². The first-order valence-electron chi connectivity index (χ1n) is 14.5. The SMILES string of the molecule is c1ccc(-c2nc3ccccn3c2-c2cccc(-c3c4ccc5ccccc5c4nc4c3ccc3ccccc34)c2)nc1. The third-order valence-corrected chi connectivity index (χ3v) is 8.43. The van der Waals surface area contributed by atoms with Crippen LogP contribution in [0.5, 0.6) is 0 Å². The van der Waals surface area contributed by atoms with Gasteiger partial charge in [0, 0.05) is 45.1 Å². The van der Waals surface area contributed by atoms with E-state index in [-0.39, 0.29) is 0 Å². The molecule has 0 radical (unpaired) electrons. The van der Waals surface area contributed by atoms with Crippen molar-refractivity contribution in [3.05, 3.63) is 146 Å². The minimum atomic E-state index is 0.851. The van der Waals surface area contributed by atoms with E-state index in [0.717, 1.165) is 66.4 Å². The normalized spacial score (nSPS) is 11.7. The lowest BCUT2D eigenvalue weighted by Gasteiger charge is -2.15. The molecule has 4 aromatic heterocycles. The van der Waals surface area contributed by atoms with Crippen LogP contribution in [0.2, 0.25) is 0 Å². The van der Waals surface area contributed by atoms with Crippen molar-refractivity contribution in [3.8, 4) is 33.8 Å². The van der Waals surface area contributed by atoms with E-state index in [0.29, 0.717) is 0 Å². The molecule has 0 aliphatic heterocycles. The molecule has 4 heterocycles. The summed E-state index contributed by atoms with van der Waals surface area (Å²) in [6.45, 7) is 0. The molecule has 0 bridgehead atoms. The average Bonchev–Trinajstić information content (AvgIpc) is 3.47. The van der Waals surface area contributed by atoms with Gasteiger partial charge in [-0.15, -0.1) is 0 Å². The van der Waals surface area contributed by atoms with E-state index in [9.17, 15) is 0 Å². The second-order valence-electron chi connectivity index (χ2n) is 10.9. The number of imidazole rings is 1. The third kappa shape index (κ3) is 3.67. The predicted molar refractivity (Wildman–Crippen MR) is 177 cm³/mol. The highest BCUT2D eigenvalue weighted by Crippen LogP contribution is 2.41. The van der Waals surface area contributed by atoms with Crippen LogP contribution in [0.15, 0.2) is 146 Å². The van der Waals surface area contributed by atoms with E-state index in [1.54, 1.807) is 0 Å². The van der Waals surface area contributed by atoms with E-state index >= 15 is 0 Å². The molecule has 0 fully saturated rings. The highest BCUT2D eigenvalue weighted by Gasteiger charge is 2.19. The number of aromatic nitrogens is 4. The highest BCUT2D eigenvalue weighted by molar-refractivity contribution is 6.21. The van der Waals surface area contributed by atoms with Gasteiger partial charge in [0.2, 0.25) is 0 Å². The van der Waals surface area contributed by atoms with Gasteiger partial charge in [-0.05, 0) is 46.7 Å². The van der Waals surface area contributed by atoms with Crippen molar-refractivity contribution in [2.45, 2.75) is 0 Å². The Labute approximate surface area is 247 Å². The quantitative estimate of drug-likeness (QED) is 0.163. The van der Waals surface area contributed by atoms with E-state index < -0.39 is 0 Å². The summed E-state index contributed by atoms with van der Waals surface area (Å²) in [7, 11) is 0. The molecule has 0 atom stereocenters. The Morgan fingerprint density at radius 2 is 1.16 bits per heavy atom. The first kappa shape index (κ1) is 23.8. The molecule has 0 N–H and O–H groups in total. The van der Waals surface area contributed by atoms with Crippen LogP contribution in [-0.2, 0) is 0 Å². The van der Waals surface area contributed by atoms with E-state index in [1.165, 1.54) is 16.3 Å². The fourth-order valence-electron chi connectivity index (χ4n) is 6.50. The zero-order valence-corrected chi connectivity index (χ0v) is 23.1. The van der Waals surface area contributed by atoms with Gasteiger partial charge < -0.3 is 0 Å². The molecule has 0 saturated carbocycles. The fraction of sp³-hybridized carbons (Fsp3) is 0. The number of nitrogens with zero attached hydrogens (tertiary/aromatic N) is 4. The molecule has 0 aliphatic carbocycles. The standard InChI is InChI=1S/C39H24N4/c1-3-14-29-25(10-1)18-20-31-35(32-21-19-26-11-2-4-15-30(26)37(32)42-36(29)31)27-12-9-13-28(24-27)39-38(33-16-5-7-22-40-33)41-34-17-6-8-23-43(34)39/h1-24H.